The molecule has 1 unspecified atom stereocenters. The molecule has 0 bridgehead atoms. The van der Waals surface area contributed by atoms with Gasteiger partial charge in [-0.2, -0.15) is 0 Å². The SMILES string of the molecule is CN(C)CCNc1ccc2c(c1)C(Nc1cccc(Cl)c1)CC2. The number of fused-ring (bicyclic) bond motifs is 1. The number of anilines is 2. The van der Waals surface area contributed by atoms with Gasteiger partial charge in [-0.1, -0.05) is 23.7 Å². The molecule has 1 aliphatic rings. The molecule has 0 fully saturated rings. The summed E-state index contributed by atoms with van der Waals surface area (Å²) in [5, 5.41) is 7.90. The third-order valence-corrected chi connectivity index (χ3v) is 4.51. The Morgan fingerprint density at radius 1 is 1.13 bits per heavy atom. The molecule has 3 rings (SSSR count). The van der Waals surface area contributed by atoms with Gasteiger partial charge in [0.25, 0.3) is 0 Å². The van der Waals surface area contributed by atoms with Crippen molar-refractivity contribution in [2.75, 3.05) is 37.8 Å². The average Bonchev–Trinajstić information content (AvgIpc) is 2.89. The summed E-state index contributed by atoms with van der Waals surface area (Å²) in [4.78, 5) is 2.18. The second-order valence-electron chi connectivity index (χ2n) is 6.39. The van der Waals surface area contributed by atoms with Crippen LogP contribution in [0.2, 0.25) is 5.02 Å². The number of nitrogens with one attached hydrogen (secondary N) is 2. The lowest BCUT2D eigenvalue weighted by atomic mass is 10.1. The third kappa shape index (κ3) is 4.18. The molecular weight excluding hydrogens is 306 g/mol. The van der Waals surface area contributed by atoms with Gasteiger partial charge >= 0.3 is 0 Å². The Hall–Kier alpha value is -1.71. The molecule has 0 heterocycles. The number of nitrogens with zero attached hydrogens (tertiary/aromatic N) is 1. The molecule has 0 aromatic heterocycles. The van der Waals surface area contributed by atoms with Gasteiger partial charge in [0.05, 0.1) is 6.04 Å². The van der Waals surface area contributed by atoms with Crippen molar-refractivity contribution in [1.82, 2.24) is 4.90 Å². The van der Waals surface area contributed by atoms with Gasteiger partial charge in [-0.25, -0.2) is 0 Å². The molecule has 122 valence electrons. The van der Waals surface area contributed by atoms with Gasteiger partial charge in [0.2, 0.25) is 0 Å². The number of hydrogen-bond acceptors (Lipinski definition) is 3. The van der Waals surface area contributed by atoms with Crippen LogP contribution in [0.1, 0.15) is 23.6 Å². The Bertz CT molecular complexity index is 669. The van der Waals surface area contributed by atoms with Crippen LogP contribution in [-0.2, 0) is 6.42 Å². The lowest BCUT2D eigenvalue weighted by molar-refractivity contribution is 0.425. The van der Waals surface area contributed by atoms with E-state index in [2.05, 4.69) is 53.9 Å². The van der Waals surface area contributed by atoms with E-state index < -0.39 is 0 Å². The molecule has 4 heteroatoms. The van der Waals surface area contributed by atoms with Gasteiger partial charge in [-0.05, 0) is 68.4 Å². The topological polar surface area (TPSA) is 27.3 Å². The molecule has 0 aliphatic heterocycles. The van der Waals surface area contributed by atoms with E-state index in [1.807, 2.05) is 18.2 Å². The fourth-order valence-electron chi connectivity index (χ4n) is 3.07. The van der Waals surface area contributed by atoms with E-state index in [1.54, 1.807) is 0 Å². The number of hydrogen-bond donors (Lipinski definition) is 2. The van der Waals surface area contributed by atoms with Crippen molar-refractivity contribution in [2.45, 2.75) is 18.9 Å². The van der Waals surface area contributed by atoms with E-state index in [-0.39, 0.29) is 0 Å². The first-order chi connectivity index (χ1) is 11.1. The molecule has 2 N–H and O–H groups in total. The summed E-state index contributed by atoms with van der Waals surface area (Å²) < 4.78 is 0. The monoisotopic (exact) mass is 329 g/mol. The van der Waals surface area contributed by atoms with Crippen molar-refractivity contribution in [3.8, 4) is 0 Å². The Morgan fingerprint density at radius 2 is 2.00 bits per heavy atom. The van der Waals surface area contributed by atoms with Crippen molar-refractivity contribution < 1.29 is 0 Å². The molecule has 1 atom stereocenters. The predicted molar refractivity (Wildman–Crippen MR) is 99.6 cm³/mol. The van der Waals surface area contributed by atoms with Gasteiger partial charge in [-0.15, -0.1) is 0 Å². The first-order valence-corrected chi connectivity index (χ1v) is 8.53. The fraction of sp³-hybridized carbons (Fsp3) is 0.368. The maximum absolute atomic E-state index is 6.08. The second kappa shape index (κ2) is 7.24. The van der Waals surface area contributed by atoms with Crippen LogP contribution in [0, 0.1) is 0 Å². The Labute approximate surface area is 143 Å². The van der Waals surface area contributed by atoms with Crippen LogP contribution in [0.5, 0.6) is 0 Å². The number of benzene rings is 2. The molecule has 0 spiro atoms. The maximum Gasteiger partial charge on any atom is 0.0520 e. The molecule has 3 nitrogen and oxygen atoms in total. The quantitative estimate of drug-likeness (QED) is 0.821. The molecule has 0 amide bonds. The van der Waals surface area contributed by atoms with E-state index in [0.29, 0.717) is 6.04 Å². The largest absolute Gasteiger partial charge is 0.384 e. The van der Waals surface area contributed by atoms with Crippen molar-refractivity contribution >= 4 is 23.0 Å². The van der Waals surface area contributed by atoms with E-state index in [0.717, 1.165) is 36.6 Å². The summed E-state index contributed by atoms with van der Waals surface area (Å²) in [6.45, 7) is 1.99. The lowest BCUT2D eigenvalue weighted by Crippen LogP contribution is -2.20. The number of likely N-dealkylation sites (N-methyl/N-ethyl adjacent to an activating group) is 1. The highest BCUT2D eigenvalue weighted by atomic mass is 35.5. The van der Waals surface area contributed by atoms with E-state index in [1.165, 1.54) is 16.8 Å². The highest BCUT2D eigenvalue weighted by Crippen LogP contribution is 2.35. The Balaban J connectivity index is 1.70. The lowest BCUT2D eigenvalue weighted by Gasteiger charge is -2.17. The van der Waals surface area contributed by atoms with Gasteiger partial charge in [-0.3, -0.25) is 0 Å². The van der Waals surface area contributed by atoms with Crippen LogP contribution in [0.4, 0.5) is 11.4 Å². The van der Waals surface area contributed by atoms with E-state index in [9.17, 15) is 0 Å². The average molecular weight is 330 g/mol. The minimum atomic E-state index is 0.360. The standard InChI is InChI=1S/C19H24ClN3/c1-23(2)11-10-21-16-8-6-14-7-9-19(18(14)13-16)22-17-5-3-4-15(20)12-17/h3-6,8,12-13,19,21-22H,7,9-11H2,1-2H3. The van der Waals surface area contributed by atoms with Crippen LogP contribution >= 0.6 is 11.6 Å². The first kappa shape index (κ1) is 16.2. The second-order valence-corrected chi connectivity index (χ2v) is 6.83. The minimum Gasteiger partial charge on any atom is -0.384 e. The normalized spacial score (nSPS) is 16.4. The van der Waals surface area contributed by atoms with Gasteiger partial charge < -0.3 is 15.5 Å². The van der Waals surface area contributed by atoms with Crippen LogP contribution in [-0.4, -0.2) is 32.1 Å². The summed E-state index contributed by atoms with van der Waals surface area (Å²) in [7, 11) is 4.19. The Morgan fingerprint density at radius 3 is 2.78 bits per heavy atom. The summed E-state index contributed by atoms with van der Waals surface area (Å²) in [6, 6.07) is 15.0. The summed E-state index contributed by atoms with van der Waals surface area (Å²) in [5.74, 6) is 0. The zero-order valence-corrected chi connectivity index (χ0v) is 14.5. The van der Waals surface area contributed by atoms with Gasteiger partial charge in [0, 0.05) is 29.5 Å². The third-order valence-electron chi connectivity index (χ3n) is 4.28. The molecule has 2 aromatic carbocycles. The number of rotatable bonds is 6. The maximum atomic E-state index is 6.08. The fourth-order valence-corrected chi connectivity index (χ4v) is 3.26. The predicted octanol–water partition coefficient (Wildman–Crippen LogP) is 4.41. The van der Waals surface area contributed by atoms with Crippen LogP contribution < -0.4 is 10.6 Å². The molecule has 23 heavy (non-hydrogen) atoms. The highest BCUT2D eigenvalue weighted by Gasteiger charge is 2.22. The molecular formula is C19H24ClN3. The van der Waals surface area contributed by atoms with Crippen molar-refractivity contribution in [1.29, 1.82) is 0 Å². The van der Waals surface area contributed by atoms with Crippen LogP contribution in [0.15, 0.2) is 42.5 Å². The van der Waals surface area contributed by atoms with Crippen LogP contribution in [0.3, 0.4) is 0 Å². The Kier molecular flexibility index (Phi) is 5.09. The van der Waals surface area contributed by atoms with E-state index in [4.69, 9.17) is 11.6 Å². The first-order valence-electron chi connectivity index (χ1n) is 8.15. The smallest absolute Gasteiger partial charge is 0.0520 e. The van der Waals surface area contributed by atoms with Crippen molar-refractivity contribution in [2.24, 2.45) is 0 Å². The van der Waals surface area contributed by atoms with E-state index >= 15 is 0 Å². The van der Waals surface area contributed by atoms with Crippen molar-refractivity contribution in [3.05, 3.63) is 58.6 Å². The summed E-state index contributed by atoms with van der Waals surface area (Å²) in [6.07, 6.45) is 2.26. The molecule has 2 aromatic rings. The van der Waals surface area contributed by atoms with Gasteiger partial charge in [0.1, 0.15) is 0 Å². The molecule has 0 saturated carbocycles. The number of halogens is 1. The minimum absolute atomic E-state index is 0.360. The zero-order chi connectivity index (χ0) is 16.2. The molecule has 0 radical (unpaired) electrons. The number of aryl methyl sites for hydroxylation is 1. The van der Waals surface area contributed by atoms with Crippen LogP contribution in [0.25, 0.3) is 0 Å². The van der Waals surface area contributed by atoms with Crippen molar-refractivity contribution in [3.63, 3.8) is 0 Å². The summed E-state index contributed by atoms with van der Waals surface area (Å²) >= 11 is 6.08. The molecule has 1 aliphatic carbocycles. The molecule has 0 saturated heterocycles. The summed E-state index contributed by atoms with van der Waals surface area (Å²) in [5.41, 5.74) is 5.13. The highest BCUT2D eigenvalue weighted by molar-refractivity contribution is 6.30. The zero-order valence-electron chi connectivity index (χ0n) is 13.8. The van der Waals surface area contributed by atoms with Gasteiger partial charge in [0.15, 0.2) is 0 Å².